The molecule has 0 radical (unpaired) electrons. The molecular formula is C22H26FN3O3S. The number of rotatable bonds is 4. The van der Waals surface area contributed by atoms with Crippen molar-refractivity contribution in [3.8, 4) is 0 Å². The number of imide groups is 1. The van der Waals surface area contributed by atoms with Crippen molar-refractivity contribution < 1.29 is 18.8 Å². The summed E-state index contributed by atoms with van der Waals surface area (Å²) >= 11 is 0.758. The van der Waals surface area contributed by atoms with Gasteiger partial charge in [-0.1, -0.05) is 12.8 Å². The molecule has 4 rings (SSSR count). The monoisotopic (exact) mass is 431 g/mol. The van der Waals surface area contributed by atoms with Crippen molar-refractivity contribution in [2.75, 3.05) is 37.6 Å². The number of hydrogen-bond acceptors (Lipinski definition) is 5. The Hall–Kier alpha value is -2.35. The second-order valence-electron chi connectivity index (χ2n) is 7.96. The normalized spacial score (nSPS) is 21.6. The van der Waals surface area contributed by atoms with Crippen LogP contribution in [0.15, 0.2) is 23.1 Å². The van der Waals surface area contributed by atoms with E-state index in [0.29, 0.717) is 13.1 Å². The van der Waals surface area contributed by atoms with Crippen molar-refractivity contribution in [1.29, 1.82) is 0 Å². The molecule has 0 atom stereocenters. The van der Waals surface area contributed by atoms with Crippen molar-refractivity contribution in [2.45, 2.75) is 38.5 Å². The van der Waals surface area contributed by atoms with Gasteiger partial charge in [-0.3, -0.25) is 19.3 Å². The van der Waals surface area contributed by atoms with Gasteiger partial charge in [0.2, 0.25) is 5.91 Å². The minimum absolute atomic E-state index is 0.150. The van der Waals surface area contributed by atoms with E-state index in [1.54, 1.807) is 11.0 Å². The molecule has 0 spiro atoms. The van der Waals surface area contributed by atoms with Gasteiger partial charge in [0, 0.05) is 37.4 Å². The highest BCUT2D eigenvalue weighted by atomic mass is 32.2. The third-order valence-electron chi connectivity index (χ3n) is 5.87. The van der Waals surface area contributed by atoms with Gasteiger partial charge in [0.1, 0.15) is 12.4 Å². The van der Waals surface area contributed by atoms with E-state index in [0.717, 1.165) is 74.0 Å². The number of amides is 3. The van der Waals surface area contributed by atoms with Gasteiger partial charge in [0.05, 0.1) is 4.91 Å². The van der Waals surface area contributed by atoms with Crippen LogP contribution in [0.3, 0.4) is 0 Å². The highest BCUT2D eigenvalue weighted by Gasteiger charge is 2.37. The Balaban J connectivity index is 1.45. The second-order valence-corrected chi connectivity index (χ2v) is 8.96. The maximum Gasteiger partial charge on any atom is 0.294 e. The summed E-state index contributed by atoms with van der Waals surface area (Å²) in [6.45, 7) is 2.92. The zero-order valence-electron chi connectivity index (χ0n) is 16.9. The lowest BCUT2D eigenvalue weighted by atomic mass is 10.1. The molecule has 3 saturated heterocycles. The zero-order valence-corrected chi connectivity index (χ0v) is 17.8. The first-order valence-corrected chi connectivity index (χ1v) is 11.4. The van der Waals surface area contributed by atoms with Crippen LogP contribution in [0, 0.1) is 5.82 Å². The van der Waals surface area contributed by atoms with Gasteiger partial charge in [-0.2, -0.15) is 0 Å². The molecule has 0 N–H and O–H groups in total. The average Bonchev–Trinajstić information content (AvgIpc) is 3.24. The molecule has 3 aliphatic heterocycles. The number of likely N-dealkylation sites (tertiary alicyclic amines) is 1. The topological polar surface area (TPSA) is 60.9 Å². The fourth-order valence-corrected chi connectivity index (χ4v) is 4.97. The molecule has 3 aliphatic rings. The van der Waals surface area contributed by atoms with Crippen LogP contribution in [0.25, 0.3) is 6.08 Å². The Bertz CT molecular complexity index is 874. The first kappa shape index (κ1) is 20.9. The number of carbonyl (C=O) groups is 3. The zero-order chi connectivity index (χ0) is 21.1. The van der Waals surface area contributed by atoms with Crippen molar-refractivity contribution >= 4 is 40.6 Å². The molecule has 0 unspecified atom stereocenters. The van der Waals surface area contributed by atoms with Crippen LogP contribution < -0.4 is 4.90 Å². The van der Waals surface area contributed by atoms with Gasteiger partial charge in [0.15, 0.2) is 0 Å². The van der Waals surface area contributed by atoms with E-state index in [1.165, 1.54) is 12.1 Å². The Morgan fingerprint density at radius 2 is 1.67 bits per heavy atom. The van der Waals surface area contributed by atoms with Gasteiger partial charge in [0.25, 0.3) is 11.1 Å². The molecule has 160 valence electrons. The van der Waals surface area contributed by atoms with Crippen LogP contribution in [0.4, 0.5) is 14.9 Å². The maximum absolute atomic E-state index is 14.6. The Kier molecular flexibility index (Phi) is 6.41. The summed E-state index contributed by atoms with van der Waals surface area (Å²) < 4.78 is 14.6. The van der Waals surface area contributed by atoms with E-state index < -0.39 is 17.0 Å². The molecule has 0 aromatic heterocycles. The molecular weight excluding hydrogens is 405 g/mol. The maximum atomic E-state index is 14.6. The van der Waals surface area contributed by atoms with E-state index in [2.05, 4.69) is 4.90 Å². The minimum atomic E-state index is -0.531. The van der Waals surface area contributed by atoms with Crippen molar-refractivity contribution in [3.63, 3.8) is 0 Å². The molecule has 6 nitrogen and oxygen atoms in total. The molecule has 3 amide bonds. The second kappa shape index (κ2) is 9.20. The lowest BCUT2D eigenvalue weighted by molar-refractivity contribution is -0.135. The lowest BCUT2D eigenvalue weighted by Gasteiger charge is -2.22. The average molecular weight is 432 g/mol. The summed E-state index contributed by atoms with van der Waals surface area (Å²) in [4.78, 5) is 42.6. The smallest absolute Gasteiger partial charge is 0.294 e. The van der Waals surface area contributed by atoms with E-state index in [-0.39, 0.29) is 22.9 Å². The summed E-state index contributed by atoms with van der Waals surface area (Å²) in [6.07, 6.45) is 7.69. The van der Waals surface area contributed by atoms with Crippen molar-refractivity contribution in [1.82, 2.24) is 9.80 Å². The van der Waals surface area contributed by atoms with Crippen LogP contribution in [-0.2, 0) is 9.59 Å². The highest BCUT2D eigenvalue weighted by molar-refractivity contribution is 8.18. The Labute approximate surface area is 180 Å². The van der Waals surface area contributed by atoms with Crippen LogP contribution in [0.1, 0.15) is 44.1 Å². The Morgan fingerprint density at radius 3 is 2.33 bits per heavy atom. The SMILES string of the molecule is O=C(CN1C(=O)S/C(=C\c2ccc(N3CCCC3)cc2F)C1=O)N1CCCCCC1. The number of anilines is 1. The highest BCUT2D eigenvalue weighted by Crippen LogP contribution is 2.33. The van der Waals surface area contributed by atoms with Crippen LogP contribution in [0.2, 0.25) is 0 Å². The molecule has 1 aromatic rings. The predicted octanol–water partition coefficient (Wildman–Crippen LogP) is 3.86. The number of benzene rings is 1. The first-order valence-electron chi connectivity index (χ1n) is 10.6. The van der Waals surface area contributed by atoms with Gasteiger partial charge < -0.3 is 9.80 Å². The van der Waals surface area contributed by atoms with E-state index in [1.807, 2.05) is 6.07 Å². The number of nitrogens with zero attached hydrogens (tertiary/aromatic N) is 3. The molecule has 0 saturated carbocycles. The van der Waals surface area contributed by atoms with Gasteiger partial charge in [-0.05, 0) is 61.7 Å². The summed E-state index contributed by atoms with van der Waals surface area (Å²) in [7, 11) is 0. The summed E-state index contributed by atoms with van der Waals surface area (Å²) in [5.74, 6) is -1.16. The lowest BCUT2D eigenvalue weighted by Crippen LogP contribution is -2.42. The fourth-order valence-electron chi connectivity index (χ4n) is 4.14. The van der Waals surface area contributed by atoms with Crippen molar-refractivity contribution in [2.24, 2.45) is 0 Å². The minimum Gasteiger partial charge on any atom is -0.371 e. The van der Waals surface area contributed by atoms with Gasteiger partial charge >= 0.3 is 0 Å². The molecule has 0 bridgehead atoms. The molecule has 1 aromatic carbocycles. The first-order chi connectivity index (χ1) is 14.5. The van der Waals surface area contributed by atoms with E-state index in [4.69, 9.17) is 0 Å². The molecule has 30 heavy (non-hydrogen) atoms. The summed E-state index contributed by atoms with van der Waals surface area (Å²) in [5.41, 5.74) is 1.10. The number of thioether (sulfide) groups is 1. The standard InChI is InChI=1S/C22H26FN3O3S/c23-18-14-17(24-9-5-6-10-24)8-7-16(18)13-19-21(28)26(22(29)30-19)15-20(27)25-11-3-1-2-4-12-25/h7-8,13-14H,1-6,9-12,15H2/b19-13-. The number of halogens is 1. The molecule has 8 heteroatoms. The summed E-state index contributed by atoms with van der Waals surface area (Å²) in [6, 6.07) is 4.96. The molecule has 0 aliphatic carbocycles. The van der Waals surface area contributed by atoms with Crippen LogP contribution >= 0.6 is 11.8 Å². The quantitative estimate of drug-likeness (QED) is 0.678. The largest absolute Gasteiger partial charge is 0.371 e. The van der Waals surface area contributed by atoms with E-state index >= 15 is 0 Å². The van der Waals surface area contributed by atoms with Crippen molar-refractivity contribution in [3.05, 3.63) is 34.5 Å². The number of hydrogen-bond donors (Lipinski definition) is 0. The third-order valence-corrected chi connectivity index (χ3v) is 6.77. The third kappa shape index (κ3) is 4.53. The van der Waals surface area contributed by atoms with Gasteiger partial charge in [-0.25, -0.2) is 4.39 Å². The van der Waals surface area contributed by atoms with E-state index in [9.17, 15) is 18.8 Å². The van der Waals surface area contributed by atoms with Crippen LogP contribution in [-0.4, -0.2) is 59.6 Å². The van der Waals surface area contributed by atoms with Crippen LogP contribution in [0.5, 0.6) is 0 Å². The summed E-state index contributed by atoms with van der Waals surface area (Å²) in [5, 5.41) is -0.483. The number of carbonyl (C=O) groups excluding carboxylic acids is 3. The predicted molar refractivity (Wildman–Crippen MR) is 116 cm³/mol. The molecule has 3 heterocycles. The molecule has 3 fully saturated rings. The fraction of sp³-hybridized carbons (Fsp3) is 0.500. The Morgan fingerprint density at radius 1 is 1.00 bits per heavy atom. The van der Waals surface area contributed by atoms with Gasteiger partial charge in [-0.15, -0.1) is 0 Å².